The van der Waals surface area contributed by atoms with Gasteiger partial charge in [-0.1, -0.05) is 6.42 Å². The van der Waals surface area contributed by atoms with Crippen LogP contribution in [0.15, 0.2) is 0 Å². The van der Waals surface area contributed by atoms with E-state index in [4.69, 9.17) is 0 Å². The van der Waals surface area contributed by atoms with Crippen molar-refractivity contribution in [3.63, 3.8) is 0 Å². The molecular formula is C14H27N3O3S. The zero-order valence-electron chi connectivity index (χ0n) is 12.7. The Balaban J connectivity index is 1.67. The molecule has 1 N–H and O–H groups in total. The number of hydrogen-bond acceptors (Lipinski definition) is 4. The standard InChI is InChI=1S/C14H27N3O3S/c18-12-14-5-1-2-9-17(14)21(19,20)16-10-6-13(11-16)15-7-3-4-8-15/h13-14,18H,1-12H2. The molecule has 21 heavy (non-hydrogen) atoms. The van der Waals surface area contributed by atoms with Gasteiger partial charge in [0, 0.05) is 31.7 Å². The highest BCUT2D eigenvalue weighted by Crippen LogP contribution is 2.27. The second-order valence-corrected chi connectivity index (χ2v) is 8.38. The molecule has 0 saturated carbocycles. The van der Waals surface area contributed by atoms with Crippen LogP contribution in [0.2, 0.25) is 0 Å². The molecule has 3 heterocycles. The van der Waals surface area contributed by atoms with Crippen LogP contribution in [0, 0.1) is 0 Å². The molecule has 2 unspecified atom stereocenters. The lowest BCUT2D eigenvalue weighted by Crippen LogP contribution is -2.51. The molecule has 6 nitrogen and oxygen atoms in total. The number of hydrogen-bond donors (Lipinski definition) is 1. The maximum atomic E-state index is 12.8. The highest BCUT2D eigenvalue weighted by atomic mass is 32.2. The third kappa shape index (κ3) is 3.12. The van der Waals surface area contributed by atoms with Crippen LogP contribution < -0.4 is 0 Å². The fourth-order valence-corrected chi connectivity index (χ4v) is 5.84. The molecule has 3 fully saturated rings. The van der Waals surface area contributed by atoms with E-state index in [-0.39, 0.29) is 12.6 Å². The van der Waals surface area contributed by atoms with Crippen molar-refractivity contribution in [2.75, 3.05) is 39.3 Å². The van der Waals surface area contributed by atoms with Crippen LogP contribution in [0.1, 0.15) is 38.5 Å². The molecule has 3 aliphatic rings. The predicted octanol–water partition coefficient (Wildman–Crippen LogP) is 0.248. The minimum Gasteiger partial charge on any atom is -0.395 e. The third-order valence-electron chi connectivity index (χ3n) is 5.19. The van der Waals surface area contributed by atoms with E-state index in [1.54, 1.807) is 8.61 Å². The van der Waals surface area contributed by atoms with Crippen LogP contribution in [-0.4, -0.2) is 78.4 Å². The van der Waals surface area contributed by atoms with E-state index in [1.807, 2.05) is 0 Å². The lowest BCUT2D eigenvalue weighted by molar-refractivity contribution is 0.148. The molecule has 0 aromatic rings. The van der Waals surface area contributed by atoms with E-state index in [1.165, 1.54) is 12.8 Å². The van der Waals surface area contributed by atoms with Crippen LogP contribution in [0.3, 0.4) is 0 Å². The fourth-order valence-electron chi connectivity index (χ4n) is 3.93. The first-order valence-electron chi connectivity index (χ1n) is 8.25. The van der Waals surface area contributed by atoms with Gasteiger partial charge in [0.05, 0.1) is 6.61 Å². The number of likely N-dealkylation sites (tertiary alicyclic amines) is 1. The smallest absolute Gasteiger partial charge is 0.282 e. The summed E-state index contributed by atoms with van der Waals surface area (Å²) in [6.07, 6.45) is 6.10. The number of aliphatic hydroxyl groups is 1. The molecule has 0 aliphatic carbocycles. The van der Waals surface area contributed by atoms with Gasteiger partial charge in [-0.05, 0) is 45.2 Å². The summed E-state index contributed by atoms with van der Waals surface area (Å²) in [5, 5.41) is 9.46. The van der Waals surface area contributed by atoms with Gasteiger partial charge in [-0.25, -0.2) is 0 Å². The molecule has 3 saturated heterocycles. The molecule has 2 atom stereocenters. The van der Waals surface area contributed by atoms with E-state index in [0.717, 1.165) is 38.8 Å². The van der Waals surface area contributed by atoms with E-state index in [0.29, 0.717) is 25.7 Å². The molecule has 0 bridgehead atoms. The Hall–Kier alpha value is -0.210. The average Bonchev–Trinajstić information content (AvgIpc) is 3.17. The summed E-state index contributed by atoms with van der Waals surface area (Å²) >= 11 is 0. The number of nitrogens with zero attached hydrogens (tertiary/aromatic N) is 3. The highest BCUT2D eigenvalue weighted by molar-refractivity contribution is 7.86. The van der Waals surface area contributed by atoms with Gasteiger partial charge in [-0.15, -0.1) is 0 Å². The van der Waals surface area contributed by atoms with Gasteiger partial charge in [-0.3, -0.25) is 4.90 Å². The van der Waals surface area contributed by atoms with Gasteiger partial charge in [0.15, 0.2) is 0 Å². The zero-order chi connectivity index (χ0) is 14.9. The monoisotopic (exact) mass is 317 g/mol. The van der Waals surface area contributed by atoms with Gasteiger partial charge in [0.2, 0.25) is 0 Å². The minimum absolute atomic E-state index is 0.0668. The molecule has 122 valence electrons. The van der Waals surface area contributed by atoms with E-state index in [9.17, 15) is 13.5 Å². The summed E-state index contributed by atoms with van der Waals surface area (Å²) in [6.45, 7) is 3.96. The van der Waals surface area contributed by atoms with Crippen molar-refractivity contribution in [2.45, 2.75) is 50.6 Å². The largest absolute Gasteiger partial charge is 0.395 e. The SMILES string of the molecule is O=S(=O)(N1CCC(N2CCCC2)C1)N1CCCCC1CO. The molecule has 3 rings (SSSR count). The van der Waals surface area contributed by atoms with E-state index in [2.05, 4.69) is 4.90 Å². The van der Waals surface area contributed by atoms with Crippen molar-refractivity contribution in [2.24, 2.45) is 0 Å². The van der Waals surface area contributed by atoms with Crippen molar-refractivity contribution in [1.82, 2.24) is 13.5 Å². The first kappa shape index (κ1) is 15.7. The van der Waals surface area contributed by atoms with Gasteiger partial charge in [0.1, 0.15) is 0 Å². The zero-order valence-corrected chi connectivity index (χ0v) is 13.5. The van der Waals surface area contributed by atoms with Gasteiger partial charge in [-0.2, -0.15) is 17.0 Å². The Morgan fingerprint density at radius 1 is 0.952 bits per heavy atom. The Morgan fingerprint density at radius 2 is 1.67 bits per heavy atom. The Bertz CT molecular complexity index is 450. The molecule has 0 aromatic heterocycles. The van der Waals surface area contributed by atoms with Crippen LogP contribution in [-0.2, 0) is 10.2 Å². The normalized spacial score (nSPS) is 33.8. The Morgan fingerprint density at radius 3 is 2.38 bits per heavy atom. The summed E-state index contributed by atoms with van der Waals surface area (Å²) in [4.78, 5) is 2.44. The van der Waals surface area contributed by atoms with Crippen molar-refractivity contribution < 1.29 is 13.5 Å². The van der Waals surface area contributed by atoms with Crippen molar-refractivity contribution in [1.29, 1.82) is 0 Å². The van der Waals surface area contributed by atoms with Crippen LogP contribution in [0.25, 0.3) is 0 Å². The van der Waals surface area contributed by atoms with Gasteiger partial charge < -0.3 is 5.11 Å². The average molecular weight is 317 g/mol. The fraction of sp³-hybridized carbons (Fsp3) is 1.00. The molecular weight excluding hydrogens is 290 g/mol. The summed E-state index contributed by atoms with van der Waals surface area (Å²) in [6, 6.07) is 0.161. The molecule has 3 aliphatic heterocycles. The quantitative estimate of drug-likeness (QED) is 0.807. The molecule has 0 radical (unpaired) electrons. The Labute approximate surface area is 127 Å². The predicted molar refractivity (Wildman–Crippen MR) is 81.1 cm³/mol. The maximum absolute atomic E-state index is 12.8. The van der Waals surface area contributed by atoms with Gasteiger partial charge >= 0.3 is 0 Å². The van der Waals surface area contributed by atoms with Crippen molar-refractivity contribution in [3.05, 3.63) is 0 Å². The molecule has 0 aromatic carbocycles. The van der Waals surface area contributed by atoms with Crippen molar-refractivity contribution in [3.8, 4) is 0 Å². The van der Waals surface area contributed by atoms with Crippen molar-refractivity contribution >= 4 is 10.2 Å². The first-order chi connectivity index (χ1) is 10.1. The molecule has 0 spiro atoms. The first-order valence-corrected chi connectivity index (χ1v) is 9.64. The third-order valence-corrected chi connectivity index (χ3v) is 7.25. The second-order valence-electron chi connectivity index (χ2n) is 6.49. The summed E-state index contributed by atoms with van der Waals surface area (Å²) < 4.78 is 28.9. The van der Waals surface area contributed by atoms with E-state index < -0.39 is 10.2 Å². The molecule has 0 amide bonds. The molecule has 7 heteroatoms. The van der Waals surface area contributed by atoms with Crippen LogP contribution in [0.4, 0.5) is 0 Å². The number of piperidine rings is 1. The Kier molecular flexibility index (Phi) is 4.85. The second kappa shape index (κ2) is 6.50. The summed E-state index contributed by atoms with van der Waals surface area (Å²) in [5.41, 5.74) is 0. The lowest BCUT2D eigenvalue weighted by Gasteiger charge is -2.36. The topological polar surface area (TPSA) is 64.1 Å². The highest BCUT2D eigenvalue weighted by Gasteiger charge is 2.41. The summed E-state index contributed by atoms with van der Waals surface area (Å²) in [7, 11) is -3.41. The summed E-state index contributed by atoms with van der Waals surface area (Å²) in [5.74, 6) is 0. The number of rotatable bonds is 4. The lowest BCUT2D eigenvalue weighted by atomic mass is 10.1. The van der Waals surface area contributed by atoms with Crippen LogP contribution >= 0.6 is 0 Å². The minimum atomic E-state index is -3.41. The van der Waals surface area contributed by atoms with Crippen LogP contribution in [0.5, 0.6) is 0 Å². The van der Waals surface area contributed by atoms with Gasteiger partial charge in [0.25, 0.3) is 10.2 Å². The maximum Gasteiger partial charge on any atom is 0.282 e. The number of aliphatic hydroxyl groups excluding tert-OH is 1. The van der Waals surface area contributed by atoms with E-state index >= 15 is 0 Å².